The van der Waals surface area contributed by atoms with Crippen molar-refractivity contribution in [3.8, 4) is 11.1 Å². The number of fused-ring (bicyclic) bond motifs is 5. The maximum absolute atomic E-state index is 11.2. The summed E-state index contributed by atoms with van der Waals surface area (Å²) in [4.78, 5) is 16.6. The summed E-state index contributed by atoms with van der Waals surface area (Å²) in [6, 6.07) is 13.1. The van der Waals surface area contributed by atoms with Gasteiger partial charge in [0.2, 0.25) is 0 Å². The van der Waals surface area contributed by atoms with Crippen molar-refractivity contribution in [1.29, 1.82) is 0 Å². The third-order valence-electron chi connectivity index (χ3n) is 3.55. The second-order valence-electron chi connectivity index (χ2n) is 4.78. The van der Waals surface area contributed by atoms with Gasteiger partial charge in [-0.3, -0.25) is 4.98 Å². The number of hydrogen-bond acceptors (Lipinski definition) is 4. The molecule has 0 amide bonds. The summed E-state index contributed by atoms with van der Waals surface area (Å²) in [5.41, 5.74) is 4.05. The summed E-state index contributed by atoms with van der Waals surface area (Å²) in [5, 5.41) is 10.2. The van der Waals surface area contributed by atoms with E-state index in [0.29, 0.717) is 5.56 Å². The van der Waals surface area contributed by atoms with Crippen molar-refractivity contribution in [2.75, 3.05) is 4.72 Å². The van der Waals surface area contributed by atoms with E-state index >= 15 is 0 Å². The van der Waals surface area contributed by atoms with E-state index in [1.807, 2.05) is 30.3 Å². The van der Waals surface area contributed by atoms with Gasteiger partial charge in [-0.1, -0.05) is 18.2 Å². The van der Waals surface area contributed by atoms with Gasteiger partial charge in [-0.25, -0.2) is 4.79 Å². The molecule has 0 atom stereocenters. The molecule has 102 valence electrons. The SMILES string of the molecule is O=C(O)c1ccc2c(c1)-c1ccc3cccnc3c1NS2. The first kappa shape index (κ1) is 12.2. The molecule has 3 aromatic rings. The predicted octanol–water partition coefficient (Wildman–Crippen LogP) is 4.03. The highest BCUT2D eigenvalue weighted by atomic mass is 32.2. The zero-order chi connectivity index (χ0) is 14.4. The largest absolute Gasteiger partial charge is 0.478 e. The van der Waals surface area contributed by atoms with Gasteiger partial charge >= 0.3 is 5.97 Å². The Morgan fingerprint density at radius 2 is 2.05 bits per heavy atom. The molecule has 4 nitrogen and oxygen atoms in total. The number of hydrogen-bond donors (Lipinski definition) is 2. The first-order valence-electron chi connectivity index (χ1n) is 6.42. The van der Waals surface area contributed by atoms with Crippen LogP contribution in [0.1, 0.15) is 10.4 Å². The van der Waals surface area contributed by atoms with Gasteiger partial charge in [-0.2, -0.15) is 0 Å². The van der Waals surface area contributed by atoms with Crippen molar-refractivity contribution < 1.29 is 9.90 Å². The van der Waals surface area contributed by atoms with Crippen LogP contribution >= 0.6 is 11.9 Å². The quantitative estimate of drug-likeness (QED) is 0.663. The number of carboxylic acid groups (broad SMARTS) is 1. The number of aromatic nitrogens is 1. The van der Waals surface area contributed by atoms with Gasteiger partial charge in [-0.05, 0) is 36.2 Å². The third-order valence-corrected chi connectivity index (χ3v) is 4.44. The number of anilines is 1. The van der Waals surface area contributed by atoms with Crippen LogP contribution in [0, 0.1) is 0 Å². The van der Waals surface area contributed by atoms with Crippen molar-refractivity contribution in [1.82, 2.24) is 4.98 Å². The lowest BCUT2D eigenvalue weighted by Crippen LogP contribution is -2.03. The zero-order valence-electron chi connectivity index (χ0n) is 10.8. The Morgan fingerprint density at radius 3 is 2.90 bits per heavy atom. The number of pyridine rings is 1. The van der Waals surface area contributed by atoms with Crippen LogP contribution in [0.5, 0.6) is 0 Å². The maximum Gasteiger partial charge on any atom is 0.335 e. The summed E-state index contributed by atoms with van der Waals surface area (Å²) < 4.78 is 3.32. The Morgan fingerprint density at radius 1 is 1.14 bits per heavy atom. The molecule has 0 spiro atoms. The molecule has 5 heteroatoms. The number of nitrogens with zero attached hydrogens (tertiary/aromatic N) is 1. The topological polar surface area (TPSA) is 62.2 Å². The Hall–Kier alpha value is -2.53. The van der Waals surface area contributed by atoms with Gasteiger partial charge in [0.25, 0.3) is 0 Å². The molecule has 21 heavy (non-hydrogen) atoms. The lowest BCUT2D eigenvalue weighted by atomic mass is 9.99. The van der Waals surface area contributed by atoms with E-state index < -0.39 is 5.97 Å². The van der Waals surface area contributed by atoms with Gasteiger partial charge in [0.05, 0.1) is 16.8 Å². The summed E-state index contributed by atoms with van der Waals surface area (Å²) >= 11 is 1.48. The van der Waals surface area contributed by atoms with Gasteiger partial charge in [0.15, 0.2) is 0 Å². The standard InChI is InChI=1S/C16H10N2O2S/c19-16(20)10-4-6-13-12(8-10)11-5-3-9-2-1-7-17-14(9)15(11)18-21-13/h1-8,18H,(H,19,20). The highest BCUT2D eigenvalue weighted by Gasteiger charge is 2.20. The Labute approximate surface area is 125 Å². The molecule has 2 N–H and O–H groups in total. The summed E-state index contributed by atoms with van der Waals surface area (Å²) in [7, 11) is 0. The fourth-order valence-electron chi connectivity index (χ4n) is 2.54. The fraction of sp³-hybridized carbons (Fsp3) is 0. The zero-order valence-corrected chi connectivity index (χ0v) is 11.6. The first-order valence-corrected chi connectivity index (χ1v) is 7.24. The van der Waals surface area contributed by atoms with Crippen LogP contribution in [0.4, 0.5) is 5.69 Å². The van der Waals surface area contributed by atoms with Gasteiger partial charge < -0.3 is 9.83 Å². The average Bonchev–Trinajstić information content (AvgIpc) is 2.53. The van der Waals surface area contributed by atoms with E-state index in [0.717, 1.165) is 32.6 Å². The number of carboxylic acids is 1. The van der Waals surface area contributed by atoms with E-state index in [9.17, 15) is 9.90 Å². The van der Waals surface area contributed by atoms with Crippen molar-refractivity contribution in [3.05, 3.63) is 54.2 Å². The van der Waals surface area contributed by atoms with Crippen molar-refractivity contribution in [2.24, 2.45) is 0 Å². The van der Waals surface area contributed by atoms with Crippen LogP contribution in [-0.4, -0.2) is 16.1 Å². The van der Waals surface area contributed by atoms with Crippen LogP contribution in [-0.2, 0) is 0 Å². The minimum atomic E-state index is -0.915. The minimum Gasteiger partial charge on any atom is -0.478 e. The normalized spacial score (nSPS) is 12.4. The molecule has 0 saturated carbocycles. The van der Waals surface area contributed by atoms with Crippen molar-refractivity contribution >= 4 is 34.5 Å². The number of benzene rings is 2. The molecule has 0 saturated heterocycles. The van der Waals surface area contributed by atoms with Crippen molar-refractivity contribution in [2.45, 2.75) is 4.90 Å². The summed E-state index contributed by atoms with van der Waals surface area (Å²) in [6.07, 6.45) is 1.76. The van der Waals surface area contributed by atoms with Crippen LogP contribution in [0.2, 0.25) is 0 Å². The fourth-order valence-corrected chi connectivity index (χ4v) is 3.37. The minimum absolute atomic E-state index is 0.295. The van der Waals surface area contributed by atoms with Crippen LogP contribution in [0.25, 0.3) is 22.0 Å². The molecule has 2 aromatic carbocycles. The second-order valence-corrected chi connectivity index (χ2v) is 5.63. The first-order chi connectivity index (χ1) is 10.2. The summed E-state index contributed by atoms with van der Waals surface area (Å²) in [6.45, 7) is 0. The Bertz CT molecular complexity index is 893. The third kappa shape index (κ3) is 1.86. The highest BCUT2D eigenvalue weighted by Crippen LogP contribution is 2.44. The molecule has 0 aliphatic carbocycles. The molecule has 0 bridgehead atoms. The lowest BCUT2D eigenvalue weighted by Gasteiger charge is -2.21. The van der Waals surface area contributed by atoms with Gasteiger partial charge in [-0.15, -0.1) is 0 Å². The molecule has 1 aliphatic rings. The Kier molecular flexibility index (Phi) is 2.62. The molecule has 0 unspecified atom stereocenters. The molecule has 1 aliphatic heterocycles. The molecule has 0 fully saturated rings. The van der Waals surface area contributed by atoms with E-state index in [1.54, 1.807) is 18.3 Å². The second kappa shape index (κ2) is 4.49. The average molecular weight is 294 g/mol. The van der Waals surface area contributed by atoms with Crippen molar-refractivity contribution in [3.63, 3.8) is 0 Å². The number of nitrogens with one attached hydrogen (secondary N) is 1. The Balaban J connectivity index is 2.01. The molecule has 0 radical (unpaired) electrons. The molecule has 4 rings (SSSR count). The molecular formula is C16H10N2O2S. The smallest absolute Gasteiger partial charge is 0.335 e. The molecule has 1 aromatic heterocycles. The van der Waals surface area contributed by atoms with Crippen LogP contribution in [0.3, 0.4) is 0 Å². The molecular weight excluding hydrogens is 284 g/mol. The molecule has 2 heterocycles. The van der Waals surface area contributed by atoms with Crippen LogP contribution < -0.4 is 4.72 Å². The number of carbonyl (C=O) groups is 1. The number of rotatable bonds is 1. The van der Waals surface area contributed by atoms with E-state index in [2.05, 4.69) is 9.71 Å². The monoisotopic (exact) mass is 294 g/mol. The highest BCUT2D eigenvalue weighted by molar-refractivity contribution is 8.00. The van der Waals surface area contributed by atoms with Gasteiger partial charge in [0.1, 0.15) is 0 Å². The predicted molar refractivity (Wildman–Crippen MR) is 83.6 cm³/mol. The van der Waals surface area contributed by atoms with Crippen LogP contribution in [0.15, 0.2) is 53.6 Å². The summed E-state index contributed by atoms with van der Waals surface area (Å²) in [5.74, 6) is -0.915. The van der Waals surface area contributed by atoms with Gasteiger partial charge in [0, 0.05) is 27.6 Å². The number of aromatic carboxylic acids is 1. The van der Waals surface area contributed by atoms with E-state index in [4.69, 9.17) is 0 Å². The lowest BCUT2D eigenvalue weighted by molar-refractivity contribution is 0.0697. The van der Waals surface area contributed by atoms with E-state index in [-0.39, 0.29) is 0 Å². The maximum atomic E-state index is 11.2. The van der Waals surface area contributed by atoms with E-state index in [1.165, 1.54) is 11.9 Å².